The molecule has 1 saturated carbocycles. The smallest absolute Gasteiger partial charge is 0.270 e. The number of aliphatic hydroxyl groups is 1. The molecule has 1 aromatic carbocycles. The molecule has 24 heavy (non-hydrogen) atoms. The van der Waals surface area contributed by atoms with Gasteiger partial charge in [0.15, 0.2) is 0 Å². The molecular formula is C19H23N3O2. The topological polar surface area (TPSA) is 74.2 Å². The van der Waals surface area contributed by atoms with Crippen molar-refractivity contribution >= 4 is 11.6 Å². The highest BCUT2D eigenvalue weighted by Crippen LogP contribution is 2.22. The second kappa shape index (κ2) is 7.93. The predicted octanol–water partition coefficient (Wildman–Crippen LogP) is 2.73. The molecule has 0 bridgehead atoms. The number of rotatable bonds is 5. The van der Waals surface area contributed by atoms with Crippen molar-refractivity contribution in [2.45, 2.75) is 44.4 Å². The molecule has 1 aliphatic carbocycles. The Morgan fingerprint density at radius 3 is 2.62 bits per heavy atom. The molecule has 1 aromatic heterocycles. The Bertz CT molecular complexity index is 667. The highest BCUT2D eigenvalue weighted by atomic mass is 16.3. The van der Waals surface area contributed by atoms with Gasteiger partial charge in [0.2, 0.25) is 0 Å². The van der Waals surface area contributed by atoms with Crippen LogP contribution in [0.5, 0.6) is 0 Å². The van der Waals surface area contributed by atoms with Crippen molar-refractivity contribution < 1.29 is 9.90 Å². The van der Waals surface area contributed by atoms with Crippen LogP contribution in [0.25, 0.3) is 0 Å². The molecule has 0 unspecified atom stereocenters. The van der Waals surface area contributed by atoms with Crippen LogP contribution in [0.3, 0.4) is 0 Å². The molecule has 3 N–H and O–H groups in total. The first-order chi connectivity index (χ1) is 11.7. The molecule has 126 valence electrons. The number of benzene rings is 1. The first kappa shape index (κ1) is 16.5. The zero-order valence-corrected chi connectivity index (χ0v) is 13.6. The van der Waals surface area contributed by atoms with E-state index in [-0.39, 0.29) is 12.0 Å². The number of anilines is 1. The first-order valence-electron chi connectivity index (χ1n) is 8.43. The number of carbonyl (C=O) groups excluding carboxylic acids is 1. The van der Waals surface area contributed by atoms with E-state index in [1.807, 2.05) is 36.4 Å². The summed E-state index contributed by atoms with van der Waals surface area (Å²) in [4.78, 5) is 16.4. The van der Waals surface area contributed by atoms with Gasteiger partial charge >= 0.3 is 0 Å². The summed E-state index contributed by atoms with van der Waals surface area (Å²) in [6.45, 7) is 0.486. The van der Waals surface area contributed by atoms with Gasteiger partial charge in [0.1, 0.15) is 5.69 Å². The molecule has 1 fully saturated rings. The number of pyridine rings is 1. The summed E-state index contributed by atoms with van der Waals surface area (Å²) in [7, 11) is 0. The van der Waals surface area contributed by atoms with Gasteiger partial charge in [0, 0.05) is 24.5 Å². The van der Waals surface area contributed by atoms with Crippen LogP contribution in [0.1, 0.15) is 41.7 Å². The number of hydrogen-bond donors (Lipinski definition) is 3. The molecule has 5 nitrogen and oxygen atoms in total. The quantitative estimate of drug-likeness (QED) is 0.790. The minimum atomic E-state index is -0.179. The minimum absolute atomic E-state index is 0.167. The molecular weight excluding hydrogens is 302 g/mol. The maximum absolute atomic E-state index is 12.3. The van der Waals surface area contributed by atoms with Gasteiger partial charge in [-0.15, -0.1) is 0 Å². The third-order valence-electron chi connectivity index (χ3n) is 4.36. The lowest BCUT2D eigenvalue weighted by molar-refractivity contribution is 0.0946. The fraction of sp³-hybridized carbons (Fsp3) is 0.368. The summed E-state index contributed by atoms with van der Waals surface area (Å²) in [5.41, 5.74) is 2.36. The fourth-order valence-corrected chi connectivity index (χ4v) is 2.97. The van der Waals surface area contributed by atoms with Crippen LogP contribution in [0, 0.1) is 0 Å². The third kappa shape index (κ3) is 4.55. The van der Waals surface area contributed by atoms with Crippen molar-refractivity contribution in [1.82, 2.24) is 10.3 Å². The lowest BCUT2D eigenvalue weighted by atomic mass is 9.93. The summed E-state index contributed by atoms with van der Waals surface area (Å²) in [5.74, 6) is -0.179. The number of nitrogens with one attached hydrogen (secondary N) is 2. The van der Waals surface area contributed by atoms with Gasteiger partial charge in [0.25, 0.3) is 5.91 Å². The van der Waals surface area contributed by atoms with Crippen molar-refractivity contribution in [3.05, 3.63) is 59.9 Å². The second-order valence-electron chi connectivity index (χ2n) is 6.25. The van der Waals surface area contributed by atoms with Crippen LogP contribution in [0.15, 0.2) is 48.7 Å². The van der Waals surface area contributed by atoms with Crippen LogP contribution in [0.4, 0.5) is 5.69 Å². The van der Waals surface area contributed by atoms with Crippen molar-refractivity contribution in [3.8, 4) is 0 Å². The Labute approximate surface area is 142 Å². The standard InChI is InChI=1S/C19H23N3O2/c23-17-8-6-15(7-9-17)22-16-10-11-20-18(12-16)19(24)21-13-14-4-2-1-3-5-14/h1-5,10-12,15,17,23H,6-9,13H2,(H,20,22)(H,21,24). The number of hydrogen-bond acceptors (Lipinski definition) is 4. The van der Waals surface area contributed by atoms with Gasteiger partial charge in [-0.3, -0.25) is 9.78 Å². The largest absolute Gasteiger partial charge is 0.393 e. The Hall–Kier alpha value is -2.40. The lowest BCUT2D eigenvalue weighted by Gasteiger charge is -2.27. The summed E-state index contributed by atoms with van der Waals surface area (Å²) in [5, 5.41) is 15.9. The Balaban J connectivity index is 1.57. The Kier molecular flexibility index (Phi) is 5.43. The number of amides is 1. The van der Waals surface area contributed by atoms with Crippen LogP contribution in [-0.4, -0.2) is 28.1 Å². The molecule has 1 amide bonds. The summed E-state index contributed by atoms with van der Waals surface area (Å²) >= 11 is 0. The van der Waals surface area contributed by atoms with E-state index in [0.29, 0.717) is 18.3 Å². The molecule has 0 radical (unpaired) electrons. The molecule has 0 atom stereocenters. The summed E-state index contributed by atoms with van der Waals surface area (Å²) < 4.78 is 0. The van der Waals surface area contributed by atoms with E-state index < -0.39 is 0 Å². The fourth-order valence-electron chi connectivity index (χ4n) is 2.97. The average Bonchev–Trinajstić information content (AvgIpc) is 2.63. The molecule has 0 saturated heterocycles. The van der Waals surface area contributed by atoms with E-state index in [1.165, 1.54) is 0 Å². The van der Waals surface area contributed by atoms with Gasteiger partial charge in [-0.25, -0.2) is 0 Å². The van der Waals surface area contributed by atoms with E-state index in [1.54, 1.807) is 12.3 Å². The second-order valence-corrected chi connectivity index (χ2v) is 6.25. The van der Waals surface area contributed by atoms with Gasteiger partial charge in [-0.1, -0.05) is 30.3 Å². The zero-order valence-electron chi connectivity index (χ0n) is 13.6. The van der Waals surface area contributed by atoms with Crippen LogP contribution < -0.4 is 10.6 Å². The summed E-state index contributed by atoms with van der Waals surface area (Å²) in [6.07, 6.45) is 5.02. The SMILES string of the molecule is O=C(NCc1ccccc1)c1cc(NC2CCC(O)CC2)ccn1. The summed E-state index contributed by atoms with van der Waals surface area (Å²) in [6, 6.07) is 13.8. The Morgan fingerprint density at radius 1 is 1.12 bits per heavy atom. The monoisotopic (exact) mass is 325 g/mol. The van der Waals surface area contributed by atoms with Crippen molar-refractivity contribution in [3.63, 3.8) is 0 Å². The highest BCUT2D eigenvalue weighted by molar-refractivity contribution is 5.93. The van der Waals surface area contributed by atoms with Gasteiger partial charge < -0.3 is 15.7 Å². The van der Waals surface area contributed by atoms with Gasteiger partial charge in [0.05, 0.1) is 6.10 Å². The average molecular weight is 325 g/mol. The van der Waals surface area contributed by atoms with E-state index in [2.05, 4.69) is 15.6 Å². The van der Waals surface area contributed by atoms with Crippen molar-refractivity contribution in [1.29, 1.82) is 0 Å². The predicted molar refractivity (Wildman–Crippen MR) is 93.7 cm³/mol. The highest BCUT2D eigenvalue weighted by Gasteiger charge is 2.19. The third-order valence-corrected chi connectivity index (χ3v) is 4.36. The Morgan fingerprint density at radius 2 is 1.88 bits per heavy atom. The van der Waals surface area contributed by atoms with Crippen LogP contribution in [-0.2, 0) is 6.54 Å². The van der Waals surface area contributed by atoms with Crippen LogP contribution >= 0.6 is 0 Å². The molecule has 5 heteroatoms. The number of aromatic nitrogens is 1. The van der Waals surface area contributed by atoms with Crippen LogP contribution in [0.2, 0.25) is 0 Å². The molecule has 0 aliphatic heterocycles. The molecule has 3 rings (SSSR count). The van der Waals surface area contributed by atoms with E-state index in [9.17, 15) is 9.90 Å². The number of aliphatic hydroxyl groups excluding tert-OH is 1. The first-order valence-corrected chi connectivity index (χ1v) is 8.43. The molecule has 2 aromatic rings. The van der Waals surface area contributed by atoms with E-state index in [0.717, 1.165) is 36.9 Å². The van der Waals surface area contributed by atoms with Crippen molar-refractivity contribution in [2.75, 3.05) is 5.32 Å². The molecule has 0 spiro atoms. The maximum Gasteiger partial charge on any atom is 0.270 e. The lowest BCUT2D eigenvalue weighted by Crippen LogP contribution is -2.28. The van der Waals surface area contributed by atoms with Gasteiger partial charge in [-0.05, 0) is 43.4 Å². The molecule has 1 heterocycles. The van der Waals surface area contributed by atoms with E-state index >= 15 is 0 Å². The molecule has 1 aliphatic rings. The minimum Gasteiger partial charge on any atom is -0.393 e. The van der Waals surface area contributed by atoms with Crippen molar-refractivity contribution in [2.24, 2.45) is 0 Å². The van der Waals surface area contributed by atoms with E-state index in [4.69, 9.17) is 0 Å². The zero-order chi connectivity index (χ0) is 16.8. The number of nitrogens with zero attached hydrogens (tertiary/aromatic N) is 1. The van der Waals surface area contributed by atoms with Gasteiger partial charge in [-0.2, -0.15) is 0 Å². The maximum atomic E-state index is 12.3. The normalized spacial score (nSPS) is 20.4. The number of carbonyl (C=O) groups is 1.